The van der Waals surface area contributed by atoms with Crippen LogP contribution in [-0.2, 0) is 12.8 Å². The van der Waals surface area contributed by atoms with Crippen molar-refractivity contribution in [1.29, 1.82) is 0 Å². The lowest BCUT2D eigenvalue weighted by Gasteiger charge is -2.14. The Bertz CT molecular complexity index is 739. The van der Waals surface area contributed by atoms with Gasteiger partial charge in [0.05, 0.1) is 11.6 Å². The Morgan fingerprint density at radius 2 is 2.29 bits per heavy atom. The molecule has 0 amide bonds. The molecule has 1 unspecified atom stereocenters. The molecule has 3 aromatic heterocycles. The van der Waals surface area contributed by atoms with Gasteiger partial charge in [-0.15, -0.1) is 11.3 Å². The van der Waals surface area contributed by atoms with Gasteiger partial charge in [-0.1, -0.05) is 6.92 Å². The summed E-state index contributed by atoms with van der Waals surface area (Å²) in [4.78, 5) is 10.9. The van der Waals surface area contributed by atoms with Crippen molar-refractivity contribution in [3.63, 3.8) is 0 Å². The minimum Gasteiger partial charge on any atom is -0.469 e. The Kier molecular flexibility index (Phi) is 4.12. The monoisotopic (exact) mass is 321 g/mol. The topological polar surface area (TPSA) is 51.0 Å². The molecule has 0 aliphatic carbocycles. The van der Waals surface area contributed by atoms with E-state index < -0.39 is 0 Å². The fourth-order valence-corrected chi connectivity index (χ4v) is 3.43. The predicted molar refractivity (Wildman–Crippen MR) is 87.3 cm³/mol. The summed E-state index contributed by atoms with van der Waals surface area (Å²) in [5, 5.41) is 4.72. The van der Waals surface area contributed by atoms with E-state index in [0.29, 0.717) is 0 Å². The van der Waals surface area contributed by atoms with Crippen LogP contribution in [0.1, 0.15) is 24.5 Å². The maximum Gasteiger partial charge on any atom is 0.225 e. The lowest BCUT2D eigenvalue weighted by Crippen LogP contribution is -2.18. The average molecular weight is 322 g/mol. The normalized spacial score (nSPS) is 12.7. The summed E-state index contributed by atoms with van der Waals surface area (Å²) in [5.74, 6) is 1.74. The molecule has 110 valence electrons. The number of rotatable bonds is 5. The number of nitrogens with zero attached hydrogens (tertiary/aromatic N) is 2. The average Bonchev–Trinajstić information content (AvgIpc) is 3.07. The van der Waals surface area contributed by atoms with E-state index in [9.17, 15) is 0 Å². The summed E-state index contributed by atoms with van der Waals surface area (Å²) in [6.07, 6.45) is 3.47. The summed E-state index contributed by atoms with van der Waals surface area (Å²) in [6, 6.07) is 6.20. The summed E-state index contributed by atoms with van der Waals surface area (Å²) in [6.45, 7) is 4.23. The SMILES string of the molecule is CCc1cc2c(NC(C)Cc3ccco3)nc(Cl)nc2s1. The molecule has 0 aliphatic heterocycles. The van der Waals surface area contributed by atoms with Crippen LogP contribution in [0.3, 0.4) is 0 Å². The summed E-state index contributed by atoms with van der Waals surface area (Å²) in [7, 11) is 0. The van der Waals surface area contributed by atoms with Crippen molar-refractivity contribution in [1.82, 2.24) is 9.97 Å². The highest BCUT2D eigenvalue weighted by molar-refractivity contribution is 7.18. The first-order chi connectivity index (χ1) is 10.2. The van der Waals surface area contributed by atoms with Crippen LogP contribution in [0, 0.1) is 0 Å². The lowest BCUT2D eigenvalue weighted by molar-refractivity contribution is 0.497. The van der Waals surface area contributed by atoms with Crippen molar-refractivity contribution >= 4 is 39.0 Å². The molecule has 3 aromatic rings. The van der Waals surface area contributed by atoms with Crippen LogP contribution in [0.2, 0.25) is 5.28 Å². The highest BCUT2D eigenvalue weighted by atomic mass is 35.5. The van der Waals surface area contributed by atoms with Gasteiger partial charge >= 0.3 is 0 Å². The number of aromatic nitrogens is 2. The molecule has 0 aliphatic rings. The van der Waals surface area contributed by atoms with Crippen LogP contribution in [0.5, 0.6) is 0 Å². The molecule has 0 spiro atoms. The van der Waals surface area contributed by atoms with Gasteiger partial charge in [-0.2, -0.15) is 0 Å². The van der Waals surface area contributed by atoms with E-state index in [-0.39, 0.29) is 11.3 Å². The van der Waals surface area contributed by atoms with E-state index in [2.05, 4.69) is 35.2 Å². The standard InChI is InChI=1S/C15H16ClN3OS/c1-3-11-8-12-13(18-15(16)19-14(12)21-11)17-9(2)7-10-5-4-6-20-10/h4-6,8-9H,3,7H2,1-2H3,(H,17,18,19). The van der Waals surface area contributed by atoms with Crippen LogP contribution in [0.25, 0.3) is 10.2 Å². The van der Waals surface area contributed by atoms with Crippen LogP contribution < -0.4 is 5.32 Å². The molecule has 0 aromatic carbocycles. The summed E-state index contributed by atoms with van der Waals surface area (Å²) >= 11 is 7.69. The zero-order valence-corrected chi connectivity index (χ0v) is 13.5. The van der Waals surface area contributed by atoms with Crippen LogP contribution in [-0.4, -0.2) is 16.0 Å². The van der Waals surface area contributed by atoms with Gasteiger partial charge in [-0.05, 0) is 43.1 Å². The van der Waals surface area contributed by atoms with Crippen molar-refractivity contribution in [3.05, 3.63) is 40.4 Å². The predicted octanol–water partition coefficient (Wildman–Crippen LogP) is 4.54. The first-order valence-electron chi connectivity index (χ1n) is 6.90. The number of furan rings is 1. The van der Waals surface area contributed by atoms with Gasteiger partial charge in [0.25, 0.3) is 0 Å². The molecule has 0 bridgehead atoms. The number of hydrogen-bond donors (Lipinski definition) is 1. The van der Waals surface area contributed by atoms with E-state index in [1.165, 1.54) is 4.88 Å². The smallest absolute Gasteiger partial charge is 0.225 e. The maximum absolute atomic E-state index is 6.03. The Morgan fingerprint density at radius 3 is 3.00 bits per heavy atom. The van der Waals surface area contributed by atoms with E-state index in [0.717, 1.165) is 34.6 Å². The molecule has 0 radical (unpaired) electrons. The fourth-order valence-electron chi connectivity index (χ4n) is 2.24. The second-order valence-corrected chi connectivity index (χ2v) is 6.41. The van der Waals surface area contributed by atoms with Crippen molar-refractivity contribution in [2.24, 2.45) is 0 Å². The minimum atomic E-state index is 0.190. The largest absolute Gasteiger partial charge is 0.469 e. The maximum atomic E-state index is 6.03. The second-order valence-electron chi connectivity index (χ2n) is 4.96. The van der Waals surface area contributed by atoms with Crippen molar-refractivity contribution in [2.75, 3.05) is 5.32 Å². The Balaban J connectivity index is 1.86. The molecule has 21 heavy (non-hydrogen) atoms. The highest BCUT2D eigenvalue weighted by Gasteiger charge is 2.13. The number of hydrogen-bond acceptors (Lipinski definition) is 5. The number of nitrogens with one attached hydrogen (secondary N) is 1. The summed E-state index contributed by atoms with van der Waals surface area (Å²) < 4.78 is 5.38. The molecule has 6 heteroatoms. The van der Waals surface area contributed by atoms with Gasteiger partial charge in [0.15, 0.2) is 0 Å². The number of halogens is 1. The van der Waals surface area contributed by atoms with E-state index in [1.54, 1.807) is 17.6 Å². The van der Waals surface area contributed by atoms with Gasteiger partial charge < -0.3 is 9.73 Å². The molecular weight excluding hydrogens is 306 g/mol. The van der Waals surface area contributed by atoms with Crippen molar-refractivity contribution in [2.45, 2.75) is 32.7 Å². The zero-order chi connectivity index (χ0) is 14.8. The van der Waals surface area contributed by atoms with Gasteiger partial charge in [0, 0.05) is 17.3 Å². The van der Waals surface area contributed by atoms with Crippen molar-refractivity contribution in [3.8, 4) is 0 Å². The molecule has 0 fully saturated rings. The minimum absolute atomic E-state index is 0.190. The Morgan fingerprint density at radius 1 is 1.43 bits per heavy atom. The third-order valence-electron chi connectivity index (χ3n) is 3.24. The fraction of sp³-hybridized carbons (Fsp3) is 0.333. The van der Waals surface area contributed by atoms with E-state index in [1.807, 2.05) is 12.1 Å². The lowest BCUT2D eigenvalue weighted by atomic mass is 10.2. The molecule has 1 N–H and O–H groups in total. The third kappa shape index (κ3) is 3.19. The first-order valence-corrected chi connectivity index (χ1v) is 8.10. The second kappa shape index (κ2) is 6.03. The van der Waals surface area contributed by atoms with Gasteiger partial charge in [-0.3, -0.25) is 0 Å². The molecule has 1 atom stereocenters. The van der Waals surface area contributed by atoms with Gasteiger partial charge in [0.1, 0.15) is 16.4 Å². The third-order valence-corrected chi connectivity index (χ3v) is 4.58. The number of aryl methyl sites for hydroxylation is 1. The van der Waals surface area contributed by atoms with Crippen molar-refractivity contribution < 1.29 is 4.42 Å². The van der Waals surface area contributed by atoms with Crippen LogP contribution in [0.15, 0.2) is 28.9 Å². The van der Waals surface area contributed by atoms with E-state index in [4.69, 9.17) is 16.0 Å². The first kappa shape index (κ1) is 14.4. The molecule has 4 nitrogen and oxygen atoms in total. The quantitative estimate of drug-likeness (QED) is 0.701. The number of fused-ring (bicyclic) bond motifs is 1. The van der Waals surface area contributed by atoms with E-state index >= 15 is 0 Å². The van der Waals surface area contributed by atoms with Crippen LogP contribution in [0.4, 0.5) is 5.82 Å². The molecule has 0 saturated heterocycles. The zero-order valence-electron chi connectivity index (χ0n) is 11.9. The molecule has 0 saturated carbocycles. The summed E-state index contributed by atoms with van der Waals surface area (Å²) in [5.41, 5.74) is 0. The molecule has 3 rings (SSSR count). The molecule has 3 heterocycles. The van der Waals surface area contributed by atoms with Gasteiger partial charge in [0.2, 0.25) is 5.28 Å². The number of thiophene rings is 1. The van der Waals surface area contributed by atoms with Crippen LogP contribution >= 0.6 is 22.9 Å². The number of anilines is 1. The van der Waals surface area contributed by atoms with Gasteiger partial charge in [-0.25, -0.2) is 9.97 Å². The Hall–Kier alpha value is -1.59. The Labute approximate surface area is 132 Å². The highest BCUT2D eigenvalue weighted by Crippen LogP contribution is 2.30. The molecular formula is C15H16ClN3OS.